The summed E-state index contributed by atoms with van der Waals surface area (Å²) < 4.78 is 22.8. The summed E-state index contributed by atoms with van der Waals surface area (Å²) in [5, 5.41) is 87.4. The quantitative estimate of drug-likeness (QED) is 0.0204. The number of carbonyl (C=O) groups is 1. The van der Waals surface area contributed by atoms with E-state index in [-0.39, 0.29) is 18.9 Å². The number of hydrogen-bond acceptors (Lipinski definition) is 13. The number of allylic oxidation sites excluding steroid dienone is 3. The molecule has 2 rings (SSSR count). The second kappa shape index (κ2) is 52.8. The predicted molar refractivity (Wildman–Crippen MR) is 328 cm³/mol. The van der Waals surface area contributed by atoms with Crippen molar-refractivity contribution in [2.24, 2.45) is 0 Å². The van der Waals surface area contributed by atoms with Gasteiger partial charge in [-0.3, -0.25) is 4.79 Å². The van der Waals surface area contributed by atoms with Crippen LogP contribution in [0.1, 0.15) is 303 Å². The van der Waals surface area contributed by atoms with E-state index in [0.29, 0.717) is 6.42 Å². The van der Waals surface area contributed by atoms with Gasteiger partial charge in [-0.2, -0.15) is 0 Å². The van der Waals surface area contributed by atoms with Gasteiger partial charge in [-0.25, -0.2) is 0 Å². The number of hydrogen-bond donors (Lipinski definition) is 9. The first kappa shape index (κ1) is 75.6. The molecule has 2 aliphatic heterocycles. The second-order valence-electron chi connectivity index (χ2n) is 24.3. The zero-order valence-corrected chi connectivity index (χ0v) is 51.8. The van der Waals surface area contributed by atoms with Crippen LogP contribution in [0.2, 0.25) is 0 Å². The minimum Gasteiger partial charge on any atom is -0.394 e. The van der Waals surface area contributed by atoms with E-state index in [0.717, 1.165) is 38.5 Å². The average molecular weight is 1150 g/mol. The van der Waals surface area contributed by atoms with Crippen molar-refractivity contribution in [2.75, 3.05) is 19.8 Å². The number of aliphatic hydroxyl groups is 8. The lowest BCUT2D eigenvalue weighted by Gasteiger charge is -2.46. The molecule has 0 aromatic heterocycles. The number of rotatable bonds is 56. The molecule has 12 atom stereocenters. The molecule has 478 valence electrons. The monoisotopic (exact) mass is 1150 g/mol. The van der Waals surface area contributed by atoms with Crippen molar-refractivity contribution in [1.29, 1.82) is 0 Å². The summed E-state index contributed by atoms with van der Waals surface area (Å²) in [4.78, 5) is 13.3. The lowest BCUT2D eigenvalue weighted by atomic mass is 9.97. The molecule has 12 unspecified atom stereocenters. The molecular weight excluding hydrogens is 1030 g/mol. The minimum atomic E-state index is -1.79. The van der Waals surface area contributed by atoms with Crippen molar-refractivity contribution >= 4 is 5.91 Å². The third-order valence-electron chi connectivity index (χ3n) is 16.9. The number of aliphatic hydroxyl groups excluding tert-OH is 8. The van der Waals surface area contributed by atoms with Crippen LogP contribution in [-0.2, 0) is 23.7 Å². The lowest BCUT2D eigenvalue weighted by molar-refractivity contribution is -0.359. The van der Waals surface area contributed by atoms with E-state index >= 15 is 0 Å². The number of ether oxygens (including phenoxy) is 4. The van der Waals surface area contributed by atoms with E-state index in [9.17, 15) is 45.6 Å². The summed E-state index contributed by atoms with van der Waals surface area (Å²) in [7, 11) is 0. The summed E-state index contributed by atoms with van der Waals surface area (Å²) in [6, 6.07) is -0.913. The first-order valence-electron chi connectivity index (χ1n) is 34.1. The summed E-state index contributed by atoms with van der Waals surface area (Å²) >= 11 is 0. The van der Waals surface area contributed by atoms with Gasteiger partial charge in [-0.15, -0.1) is 0 Å². The first-order chi connectivity index (χ1) is 39.6. The van der Waals surface area contributed by atoms with Crippen LogP contribution in [0.25, 0.3) is 0 Å². The topological polar surface area (TPSA) is 228 Å². The molecule has 0 radical (unpaired) electrons. The van der Waals surface area contributed by atoms with Crippen molar-refractivity contribution < 1.29 is 64.6 Å². The first-order valence-corrected chi connectivity index (χ1v) is 34.1. The molecule has 2 aliphatic rings. The molecule has 0 aliphatic carbocycles. The molecule has 2 heterocycles. The molecule has 2 saturated heterocycles. The van der Waals surface area contributed by atoms with Crippen LogP contribution >= 0.6 is 0 Å². The highest BCUT2D eigenvalue weighted by atomic mass is 16.7. The predicted octanol–water partition coefficient (Wildman–Crippen LogP) is 13.2. The SMILES string of the molecule is CCCCCCCCCC/C=C\CCCCCCCCCCCCCCCC(=O)NC(COC1OC(CO)C(OC2OC(CO)C(O)C(O)C2O)C(O)C1O)C(O)/C=C/CCCCCCCCCCCCCCCCCCCCCC. The van der Waals surface area contributed by atoms with Crippen LogP contribution in [0, 0.1) is 0 Å². The Kier molecular flexibility index (Phi) is 49.2. The molecule has 9 N–H and O–H groups in total. The summed E-state index contributed by atoms with van der Waals surface area (Å²) in [6.07, 6.45) is 47.9. The van der Waals surface area contributed by atoms with Crippen LogP contribution in [0.4, 0.5) is 0 Å². The maximum atomic E-state index is 13.3. The normalized spacial score (nSPS) is 24.2. The van der Waals surface area contributed by atoms with Gasteiger partial charge >= 0.3 is 0 Å². The molecule has 0 bridgehead atoms. The van der Waals surface area contributed by atoms with Gasteiger partial charge in [0.05, 0.1) is 32.0 Å². The van der Waals surface area contributed by atoms with Crippen molar-refractivity contribution in [3.63, 3.8) is 0 Å². The third kappa shape index (κ3) is 37.6. The Balaban J connectivity index is 1.70. The van der Waals surface area contributed by atoms with Crippen LogP contribution in [0.3, 0.4) is 0 Å². The zero-order chi connectivity index (χ0) is 58.8. The van der Waals surface area contributed by atoms with Crippen LogP contribution in [0.15, 0.2) is 24.3 Å². The van der Waals surface area contributed by atoms with Gasteiger partial charge in [0.25, 0.3) is 0 Å². The smallest absolute Gasteiger partial charge is 0.220 e. The van der Waals surface area contributed by atoms with E-state index in [1.807, 2.05) is 6.08 Å². The van der Waals surface area contributed by atoms with Crippen LogP contribution in [0.5, 0.6) is 0 Å². The fourth-order valence-electron chi connectivity index (χ4n) is 11.4. The fourth-order valence-corrected chi connectivity index (χ4v) is 11.4. The molecule has 0 aromatic rings. The van der Waals surface area contributed by atoms with Gasteiger partial charge in [-0.1, -0.05) is 276 Å². The average Bonchev–Trinajstić information content (AvgIpc) is 3.47. The van der Waals surface area contributed by atoms with E-state index in [4.69, 9.17) is 18.9 Å². The number of unbranched alkanes of at least 4 members (excludes halogenated alkanes) is 41. The number of carbonyl (C=O) groups excluding carboxylic acids is 1. The molecule has 1 amide bonds. The highest BCUT2D eigenvalue weighted by Gasteiger charge is 2.51. The standard InChI is InChI=1S/C67H127NO13/c1-3-5-7-9-11-13-15-17-19-21-23-25-27-28-29-31-33-35-37-39-41-43-45-47-49-51-59(72)68-55(54-78-66-64(77)62(75)65(58(53-70)80-66)81-67-63(76)61(74)60(73)57(52-69)79-67)56(71)50-48-46-44-42-40-38-36-34-32-30-26-24-22-20-18-16-14-12-10-8-6-4-2/h21,23,48,50,55-58,60-67,69-71,73-77H,3-20,22,24-47,49,51-54H2,1-2H3,(H,68,72)/b23-21-,50-48+. The minimum absolute atomic E-state index is 0.234. The molecule has 0 saturated carbocycles. The van der Waals surface area contributed by atoms with Crippen LogP contribution < -0.4 is 5.32 Å². The highest BCUT2D eigenvalue weighted by molar-refractivity contribution is 5.76. The number of nitrogens with one attached hydrogen (secondary N) is 1. The van der Waals surface area contributed by atoms with Gasteiger partial charge in [0, 0.05) is 6.42 Å². The molecule has 81 heavy (non-hydrogen) atoms. The molecule has 14 heteroatoms. The van der Waals surface area contributed by atoms with Gasteiger partial charge in [-0.05, 0) is 44.9 Å². The Labute approximate surface area is 494 Å². The fraction of sp³-hybridized carbons (Fsp3) is 0.925. The van der Waals surface area contributed by atoms with Gasteiger partial charge in [0.1, 0.15) is 48.8 Å². The zero-order valence-electron chi connectivity index (χ0n) is 51.8. The number of amides is 1. The summed E-state index contributed by atoms with van der Waals surface area (Å²) in [5.41, 5.74) is 0. The Morgan fingerprint density at radius 1 is 0.432 bits per heavy atom. The third-order valence-corrected chi connectivity index (χ3v) is 16.9. The summed E-state index contributed by atoms with van der Waals surface area (Å²) in [5.74, 6) is -0.234. The summed E-state index contributed by atoms with van der Waals surface area (Å²) in [6.45, 7) is 2.85. The maximum absolute atomic E-state index is 13.3. The molecule has 2 fully saturated rings. The maximum Gasteiger partial charge on any atom is 0.220 e. The highest BCUT2D eigenvalue weighted by Crippen LogP contribution is 2.30. The van der Waals surface area contributed by atoms with Gasteiger partial charge < -0.3 is 65.1 Å². The van der Waals surface area contributed by atoms with E-state index in [1.54, 1.807) is 6.08 Å². The van der Waals surface area contributed by atoms with E-state index in [2.05, 4.69) is 31.3 Å². The molecule has 14 nitrogen and oxygen atoms in total. The van der Waals surface area contributed by atoms with Crippen molar-refractivity contribution in [1.82, 2.24) is 5.32 Å². The van der Waals surface area contributed by atoms with Crippen molar-refractivity contribution in [2.45, 2.75) is 376 Å². The second-order valence-corrected chi connectivity index (χ2v) is 24.3. The van der Waals surface area contributed by atoms with Gasteiger partial charge in [0.2, 0.25) is 5.91 Å². The van der Waals surface area contributed by atoms with Crippen LogP contribution in [-0.4, -0.2) is 140 Å². The van der Waals surface area contributed by atoms with Crippen molar-refractivity contribution in [3.8, 4) is 0 Å². The Morgan fingerprint density at radius 3 is 1.17 bits per heavy atom. The van der Waals surface area contributed by atoms with E-state index in [1.165, 1.54) is 238 Å². The lowest BCUT2D eigenvalue weighted by Crippen LogP contribution is -2.65. The largest absolute Gasteiger partial charge is 0.394 e. The van der Waals surface area contributed by atoms with Crippen molar-refractivity contribution in [3.05, 3.63) is 24.3 Å². The Hall–Kier alpha value is -1.53. The molecule has 0 aromatic carbocycles. The van der Waals surface area contributed by atoms with E-state index < -0.39 is 86.8 Å². The Bertz CT molecular complexity index is 1450. The van der Waals surface area contributed by atoms with Gasteiger partial charge in [0.15, 0.2) is 12.6 Å². The Morgan fingerprint density at radius 2 is 0.778 bits per heavy atom. The molecular formula is C67H127NO13. The molecule has 0 spiro atoms.